The molecule has 0 saturated heterocycles. The fourth-order valence-corrected chi connectivity index (χ4v) is 4.34. The second kappa shape index (κ2) is 4.96. The molecule has 0 aliphatic rings. The Kier molecular flexibility index (Phi) is 3.33. The van der Waals surface area contributed by atoms with Gasteiger partial charge in [-0.3, -0.25) is 4.79 Å². The first-order valence-corrected chi connectivity index (χ1v) is 7.96. The van der Waals surface area contributed by atoms with Crippen LogP contribution in [-0.2, 0) is 6.42 Å². The van der Waals surface area contributed by atoms with Gasteiger partial charge in [0.15, 0.2) is 5.78 Å². The van der Waals surface area contributed by atoms with E-state index in [4.69, 9.17) is 0 Å². The molecule has 0 saturated carbocycles. The first-order valence-electron chi connectivity index (χ1n) is 5.47. The number of hydrogen-bond acceptors (Lipinski definition) is 3. The first-order chi connectivity index (χ1) is 8.74. The molecule has 2 heterocycles. The van der Waals surface area contributed by atoms with Gasteiger partial charge in [-0.25, -0.2) is 0 Å². The molecule has 3 aromatic rings. The lowest BCUT2D eigenvalue weighted by Gasteiger charge is -1.97. The normalized spacial score (nSPS) is 10.9. The van der Waals surface area contributed by atoms with Gasteiger partial charge in [0, 0.05) is 32.3 Å². The van der Waals surface area contributed by atoms with Crippen molar-refractivity contribution < 1.29 is 4.79 Å². The average Bonchev–Trinajstić information content (AvgIpc) is 2.95. The van der Waals surface area contributed by atoms with Crippen molar-refractivity contribution in [2.24, 2.45) is 0 Å². The van der Waals surface area contributed by atoms with Gasteiger partial charge >= 0.3 is 0 Å². The van der Waals surface area contributed by atoms with Gasteiger partial charge in [0.2, 0.25) is 0 Å². The van der Waals surface area contributed by atoms with Crippen LogP contribution in [-0.4, -0.2) is 5.78 Å². The predicted molar refractivity (Wildman–Crippen MR) is 81.9 cm³/mol. The minimum atomic E-state index is 0.196. The lowest BCUT2D eigenvalue weighted by molar-refractivity contribution is 0.0996. The molecule has 2 aromatic heterocycles. The molecule has 1 nitrogen and oxygen atoms in total. The minimum absolute atomic E-state index is 0.196. The number of Topliss-reactive ketones (excluding diaryl/α,β-unsaturated/α-hetero) is 1. The molecule has 4 heteroatoms. The molecule has 0 amide bonds. The maximum Gasteiger partial charge on any atom is 0.169 e. The number of thiophene rings is 2. The summed E-state index contributed by atoms with van der Waals surface area (Å²) in [4.78, 5) is 13.4. The topological polar surface area (TPSA) is 17.1 Å². The SMILES string of the molecule is O=C(Cc1ccc(Br)s1)c1csc2ccccc12. The molecule has 18 heavy (non-hydrogen) atoms. The summed E-state index contributed by atoms with van der Waals surface area (Å²) < 4.78 is 2.24. The van der Waals surface area contributed by atoms with Crippen molar-refractivity contribution in [1.29, 1.82) is 0 Å². The van der Waals surface area contributed by atoms with Crippen molar-refractivity contribution in [2.45, 2.75) is 6.42 Å². The predicted octanol–water partition coefficient (Wildman–Crippen LogP) is 5.15. The summed E-state index contributed by atoms with van der Waals surface area (Å²) in [5, 5.41) is 3.04. The number of fused-ring (bicyclic) bond motifs is 1. The lowest BCUT2D eigenvalue weighted by Crippen LogP contribution is -2.00. The molecule has 0 spiro atoms. The van der Waals surface area contributed by atoms with Crippen LogP contribution in [0.5, 0.6) is 0 Å². The van der Waals surface area contributed by atoms with E-state index in [2.05, 4.69) is 22.0 Å². The molecule has 0 fully saturated rings. The third-order valence-corrected chi connectivity index (χ3v) is 5.33. The van der Waals surface area contributed by atoms with Crippen LogP contribution in [0.4, 0.5) is 0 Å². The summed E-state index contributed by atoms with van der Waals surface area (Å²) in [6.07, 6.45) is 0.483. The van der Waals surface area contributed by atoms with Crippen LogP contribution in [0.15, 0.2) is 45.6 Å². The number of benzene rings is 1. The van der Waals surface area contributed by atoms with E-state index in [-0.39, 0.29) is 5.78 Å². The Labute approximate surface area is 121 Å². The largest absolute Gasteiger partial charge is 0.294 e. The van der Waals surface area contributed by atoms with E-state index < -0.39 is 0 Å². The molecular weight excluding hydrogens is 328 g/mol. The zero-order chi connectivity index (χ0) is 12.5. The van der Waals surface area contributed by atoms with Crippen LogP contribution in [0.3, 0.4) is 0 Å². The van der Waals surface area contributed by atoms with Crippen LogP contribution in [0.25, 0.3) is 10.1 Å². The Morgan fingerprint density at radius 1 is 1.17 bits per heavy atom. The highest BCUT2D eigenvalue weighted by Crippen LogP contribution is 2.28. The number of halogens is 1. The summed E-state index contributed by atoms with van der Waals surface area (Å²) in [6, 6.07) is 12.0. The van der Waals surface area contributed by atoms with Gasteiger partial charge in [0.1, 0.15) is 0 Å². The van der Waals surface area contributed by atoms with E-state index in [1.165, 1.54) is 4.70 Å². The second-order valence-electron chi connectivity index (χ2n) is 3.95. The van der Waals surface area contributed by atoms with Gasteiger partial charge < -0.3 is 0 Å². The number of carbonyl (C=O) groups is 1. The van der Waals surface area contributed by atoms with E-state index in [0.717, 1.165) is 19.6 Å². The third kappa shape index (κ3) is 2.28. The number of carbonyl (C=O) groups excluding carboxylic acids is 1. The number of rotatable bonds is 3. The van der Waals surface area contributed by atoms with Gasteiger partial charge in [-0.2, -0.15) is 0 Å². The van der Waals surface area contributed by atoms with Crippen molar-refractivity contribution in [1.82, 2.24) is 0 Å². The Balaban J connectivity index is 1.92. The summed E-state index contributed by atoms with van der Waals surface area (Å²) in [6.45, 7) is 0. The number of hydrogen-bond donors (Lipinski definition) is 0. The molecule has 90 valence electrons. The van der Waals surface area contributed by atoms with Crippen LogP contribution in [0.2, 0.25) is 0 Å². The third-order valence-electron chi connectivity index (χ3n) is 2.75. The average molecular weight is 337 g/mol. The van der Waals surface area contributed by atoms with Crippen molar-refractivity contribution in [3.05, 3.63) is 56.0 Å². The van der Waals surface area contributed by atoms with Crippen LogP contribution < -0.4 is 0 Å². The van der Waals surface area contributed by atoms with Crippen molar-refractivity contribution in [3.63, 3.8) is 0 Å². The van der Waals surface area contributed by atoms with Crippen LogP contribution >= 0.6 is 38.6 Å². The summed E-state index contributed by atoms with van der Waals surface area (Å²) in [7, 11) is 0. The van der Waals surface area contributed by atoms with E-state index in [9.17, 15) is 4.79 Å². The monoisotopic (exact) mass is 336 g/mol. The van der Waals surface area contributed by atoms with Gasteiger partial charge in [0.05, 0.1) is 3.79 Å². The van der Waals surface area contributed by atoms with E-state index in [0.29, 0.717) is 6.42 Å². The highest BCUT2D eigenvalue weighted by atomic mass is 79.9. The van der Waals surface area contributed by atoms with Gasteiger partial charge in [-0.05, 0) is 34.1 Å². The highest BCUT2D eigenvalue weighted by Gasteiger charge is 2.13. The number of ketones is 1. The molecule has 0 atom stereocenters. The fraction of sp³-hybridized carbons (Fsp3) is 0.0714. The minimum Gasteiger partial charge on any atom is -0.294 e. The summed E-state index contributed by atoms with van der Waals surface area (Å²) in [5.74, 6) is 0.196. The Bertz CT molecular complexity index is 711. The fourth-order valence-electron chi connectivity index (χ4n) is 1.89. The lowest BCUT2D eigenvalue weighted by atomic mass is 10.1. The standard InChI is InChI=1S/C14H9BrOS2/c15-14-6-5-9(18-14)7-12(16)11-8-17-13-4-2-1-3-10(11)13/h1-6,8H,7H2. The second-order valence-corrected chi connectivity index (χ2v) is 7.41. The van der Waals surface area contributed by atoms with Gasteiger partial charge in [-0.1, -0.05) is 18.2 Å². The Morgan fingerprint density at radius 3 is 2.78 bits per heavy atom. The van der Waals surface area contributed by atoms with Gasteiger partial charge in [0.25, 0.3) is 0 Å². The van der Waals surface area contributed by atoms with Crippen LogP contribution in [0, 0.1) is 0 Å². The summed E-state index contributed by atoms with van der Waals surface area (Å²) >= 11 is 6.67. The Hall–Kier alpha value is -0.970. The van der Waals surface area contributed by atoms with Crippen LogP contribution in [0.1, 0.15) is 15.2 Å². The van der Waals surface area contributed by atoms with Crippen molar-refractivity contribution in [3.8, 4) is 0 Å². The molecule has 3 rings (SSSR count). The zero-order valence-electron chi connectivity index (χ0n) is 9.35. The zero-order valence-corrected chi connectivity index (χ0v) is 12.6. The molecule has 0 unspecified atom stereocenters. The first kappa shape index (κ1) is 12.1. The molecule has 0 radical (unpaired) electrons. The van der Waals surface area contributed by atoms with E-state index >= 15 is 0 Å². The Morgan fingerprint density at radius 2 is 2.00 bits per heavy atom. The van der Waals surface area contributed by atoms with E-state index in [1.807, 2.05) is 35.7 Å². The highest BCUT2D eigenvalue weighted by molar-refractivity contribution is 9.11. The molecular formula is C14H9BrOS2. The molecule has 0 aliphatic heterocycles. The molecule has 0 bridgehead atoms. The van der Waals surface area contributed by atoms with Crippen molar-refractivity contribution >= 4 is 54.5 Å². The van der Waals surface area contributed by atoms with E-state index in [1.54, 1.807) is 22.7 Å². The van der Waals surface area contributed by atoms with Gasteiger partial charge in [-0.15, -0.1) is 22.7 Å². The van der Waals surface area contributed by atoms with Crippen molar-refractivity contribution in [2.75, 3.05) is 0 Å². The maximum absolute atomic E-state index is 12.3. The maximum atomic E-state index is 12.3. The smallest absolute Gasteiger partial charge is 0.169 e. The molecule has 0 N–H and O–H groups in total. The molecule has 0 aliphatic carbocycles. The quantitative estimate of drug-likeness (QED) is 0.604. The molecule has 1 aromatic carbocycles. The summed E-state index contributed by atoms with van der Waals surface area (Å²) in [5.41, 5.74) is 0.847.